The highest BCUT2D eigenvalue weighted by molar-refractivity contribution is 5.80. The van der Waals surface area contributed by atoms with Gasteiger partial charge in [-0.1, -0.05) is 17.3 Å². The zero-order chi connectivity index (χ0) is 17.2. The van der Waals surface area contributed by atoms with E-state index in [0.29, 0.717) is 11.7 Å². The molecule has 0 unspecified atom stereocenters. The molecule has 6 nitrogen and oxygen atoms in total. The summed E-state index contributed by atoms with van der Waals surface area (Å²) in [6.07, 6.45) is 1.84. The zero-order valence-electron chi connectivity index (χ0n) is 14.1. The fourth-order valence-corrected chi connectivity index (χ4v) is 2.73. The van der Waals surface area contributed by atoms with Crippen molar-refractivity contribution in [2.45, 2.75) is 27.0 Å². The summed E-state index contributed by atoms with van der Waals surface area (Å²) in [5.41, 5.74) is 4.05. The van der Waals surface area contributed by atoms with Crippen LogP contribution in [-0.4, -0.2) is 19.7 Å². The molecule has 4 rings (SSSR count). The van der Waals surface area contributed by atoms with Crippen molar-refractivity contribution in [2.24, 2.45) is 0 Å². The van der Waals surface area contributed by atoms with E-state index in [1.165, 1.54) is 0 Å². The van der Waals surface area contributed by atoms with Crippen LogP contribution in [0.3, 0.4) is 0 Å². The fraction of sp³-hybridized carbons (Fsp3) is 0.211. The minimum atomic E-state index is 0.242. The summed E-state index contributed by atoms with van der Waals surface area (Å²) in [4.78, 5) is 8.81. The van der Waals surface area contributed by atoms with Crippen LogP contribution in [0.4, 0.5) is 0 Å². The molecule has 0 aliphatic rings. The van der Waals surface area contributed by atoms with E-state index in [4.69, 9.17) is 9.26 Å². The molecular formula is C19H18N4O2. The van der Waals surface area contributed by atoms with Crippen LogP contribution < -0.4 is 4.74 Å². The number of aryl methyl sites for hydroxylation is 2. The molecule has 0 spiro atoms. The van der Waals surface area contributed by atoms with Crippen LogP contribution in [0.1, 0.15) is 18.4 Å². The first-order valence-corrected chi connectivity index (χ1v) is 8.20. The number of rotatable bonds is 5. The molecule has 126 valence electrons. The van der Waals surface area contributed by atoms with Gasteiger partial charge in [0.15, 0.2) is 6.61 Å². The number of benzene rings is 2. The molecule has 4 aromatic rings. The number of imidazole rings is 1. The molecule has 0 aliphatic heterocycles. The summed E-state index contributed by atoms with van der Waals surface area (Å²) >= 11 is 0. The van der Waals surface area contributed by atoms with Crippen LogP contribution in [0.25, 0.3) is 22.4 Å². The third kappa shape index (κ3) is 3.10. The molecule has 25 heavy (non-hydrogen) atoms. The van der Waals surface area contributed by atoms with E-state index in [2.05, 4.69) is 26.6 Å². The van der Waals surface area contributed by atoms with Gasteiger partial charge in [0.1, 0.15) is 5.75 Å². The van der Waals surface area contributed by atoms with Gasteiger partial charge in [0.25, 0.3) is 5.89 Å². The molecule has 0 bridgehead atoms. The number of fused-ring (bicyclic) bond motifs is 1. The van der Waals surface area contributed by atoms with Crippen molar-refractivity contribution < 1.29 is 9.26 Å². The Hall–Kier alpha value is -3.15. The maximum atomic E-state index is 5.71. The second-order valence-corrected chi connectivity index (χ2v) is 5.85. The van der Waals surface area contributed by atoms with Crippen LogP contribution in [0.5, 0.6) is 5.75 Å². The van der Waals surface area contributed by atoms with Gasteiger partial charge in [0.05, 0.1) is 17.4 Å². The van der Waals surface area contributed by atoms with Crippen molar-refractivity contribution in [2.75, 3.05) is 0 Å². The summed E-state index contributed by atoms with van der Waals surface area (Å²) in [7, 11) is 0. The summed E-state index contributed by atoms with van der Waals surface area (Å²) in [6, 6.07) is 13.8. The lowest BCUT2D eigenvalue weighted by Gasteiger charge is -2.03. The summed E-state index contributed by atoms with van der Waals surface area (Å²) in [5, 5.41) is 4.07. The molecule has 0 N–H and O–H groups in total. The minimum absolute atomic E-state index is 0.242. The van der Waals surface area contributed by atoms with Crippen molar-refractivity contribution in [3.63, 3.8) is 0 Å². The second-order valence-electron chi connectivity index (χ2n) is 5.85. The lowest BCUT2D eigenvalue weighted by molar-refractivity contribution is 0.243. The lowest BCUT2D eigenvalue weighted by atomic mass is 10.2. The van der Waals surface area contributed by atoms with Crippen LogP contribution >= 0.6 is 0 Å². The number of aromatic nitrogens is 4. The summed E-state index contributed by atoms with van der Waals surface area (Å²) in [5.74, 6) is 1.78. The van der Waals surface area contributed by atoms with Crippen molar-refractivity contribution in [1.29, 1.82) is 0 Å². The molecule has 0 fully saturated rings. The average molecular weight is 334 g/mol. The van der Waals surface area contributed by atoms with Crippen molar-refractivity contribution >= 4 is 11.0 Å². The van der Waals surface area contributed by atoms with Crippen molar-refractivity contribution in [1.82, 2.24) is 19.7 Å². The summed E-state index contributed by atoms with van der Waals surface area (Å²) in [6.45, 7) is 5.21. The third-order valence-electron chi connectivity index (χ3n) is 4.04. The Morgan fingerprint density at radius 1 is 1.16 bits per heavy atom. The first-order valence-electron chi connectivity index (χ1n) is 8.20. The van der Waals surface area contributed by atoms with E-state index >= 15 is 0 Å². The van der Waals surface area contributed by atoms with E-state index in [1.807, 2.05) is 55.7 Å². The zero-order valence-corrected chi connectivity index (χ0v) is 14.1. The molecule has 0 saturated carbocycles. The number of ether oxygens (including phenoxy) is 1. The number of nitrogens with zero attached hydrogens (tertiary/aromatic N) is 4. The molecular weight excluding hydrogens is 316 g/mol. The third-order valence-corrected chi connectivity index (χ3v) is 4.04. The van der Waals surface area contributed by atoms with E-state index in [9.17, 15) is 0 Å². The predicted octanol–water partition coefficient (Wildman–Crippen LogP) is 3.99. The van der Waals surface area contributed by atoms with Gasteiger partial charge in [-0.3, -0.25) is 0 Å². The van der Waals surface area contributed by atoms with E-state index < -0.39 is 0 Å². The van der Waals surface area contributed by atoms with Crippen LogP contribution in [0.15, 0.2) is 53.3 Å². The standard InChI is InChI=1S/C19H18N4O2/c1-3-23-12-20-16-8-7-14(10-17(16)23)19-21-18(25-22-19)11-24-15-6-4-5-13(2)9-15/h4-10,12H,3,11H2,1-2H3. The fourth-order valence-electron chi connectivity index (χ4n) is 2.73. The monoisotopic (exact) mass is 334 g/mol. The van der Waals surface area contributed by atoms with Crippen LogP contribution in [0.2, 0.25) is 0 Å². The number of hydrogen-bond acceptors (Lipinski definition) is 5. The Labute approximate surface area is 145 Å². The molecule has 0 radical (unpaired) electrons. The Bertz CT molecular complexity index is 1020. The van der Waals surface area contributed by atoms with Crippen LogP contribution in [0, 0.1) is 6.92 Å². The molecule has 2 heterocycles. The molecule has 0 saturated heterocycles. The molecule has 0 atom stereocenters. The molecule has 0 amide bonds. The highest BCUT2D eigenvalue weighted by Gasteiger charge is 2.11. The van der Waals surface area contributed by atoms with Gasteiger partial charge >= 0.3 is 0 Å². The first-order chi connectivity index (χ1) is 12.2. The number of hydrogen-bond donors (Lipinski definition) is 0. The highest BCUT2D eigenvalue weighted by Crippen LogP contribution is 2.22. The van der Waals surface area contributed by atoms with Gasteiger partial charge in [-0.15, -0.1) is 0 Å². The normalized spacial score (nSPS) is 11.1. The second kappa shape index (κ2) is 6.39. The van der Waals surface area contributed by atoms with Crippen molar-refractivity contribution in [3.05, 3.63) is 60.2 Å². The SMILES string of the molecule is CCn1cnc2ccc(-c3noc(COc4cccc(C)c4)n3)cc21. The molecule has 2 aromatic carbocycles. The van der Waals surface area contributed by atoms with E-state index in [1.54, 1.807) is 0 Å². The molecule has 6 heteroatoms. The van der Waals surface area contributed by atoms with Crippen molar-refractivity contribution in [3.8, 4) is 17.1 Å². The lowest BCUT2D eigenvalue weighted by Crippen LogP contribution is -1.96. The topological polar surface area (TPSA) is 66.0 Å². The first kappa shape index (κ1) is 15.4. The Morgan fingerprint density at radius 2 is 2.08 bits per heavy atom. The van der Waals surface area contributed by atoms with Gasteiger partial charge in [-0.2, -0.15) is 4.98 Å². The van der Waals surface area contributed by atoms with E-state index in [0.717, 1.165) is 34.5 Å². The quantitative estimate of drug-likeness (QED) is 0.552. The average Bonchev–Trinajstić information content (AvgIpc) is 3.26. The Morgan fingerprint density at radius 3 is 2.92 bits per heavy atom. The van der Waals surface area contributed by atoms with Gasteiger partial charge in [0, 0.05) is 12.1 Å². The maximum Gasteiger partial charge on any atom is 0.264 e. The van der Waals surface area contributed by atoms with Gasteiger partial charge in [-0.25, -0.2) is 4.98 Å². The van der Waals surface area contributed by atoms with Gasteiger partial charge in [-0.05, 0) is 49.7 Å². The summed E-state index contributed by atoms with van der Waals surface area (Å²) < 4.78 is 13.1. The Balaban J connectivity index is 1.54. The molecule has 2 aromatic heterocycles. The van der Waals surface area contributed by atoms with Gasteiger partial charge < -0.3 is 13.8 Å². The molecule has 0 aliphatic carbocycles. The van der Waals surface area contributed by atoms with E-state index in [-0.39, 0.29) is 6.61 Å². The minimum Gasteiger partial charge on any atom is -0.484 e. The van der Waals surface area contributed by atoms with Gasteiger partial charge in [0.2, 0.25) is 5.82 Å². The smallest absolute Gasteiger partial charge is 0.264 e. The maximum absolute atomic E-state index is 5.71. The highest BCUT2D eigenvalue weighted by atomic mass is 16.5. The largest absolute Gasteiger partial charge is 0.484 e. The predicted molar refractivity (Wildman–Crippen MR) is 94.2 cm³/mol. The Kier molecular flexibility index (Phi) is 3.93. The van der Waals surface area contributed by atoms with Crippen LogP contribution in [-0.2, 0) is 13.2 Å².